The first-order valence-electron chi connectivity index (χ1n) is 24.6. The first-order valence-corrected chi connectivity index (χ1v) is 24.6. The van der Waals surface area contributed by atoms with E-state index in [9.17, 15) is 0 Å². The highest BCUT2D eigenvalue weighted by Gasteiger charge is 2.52. The molecule has 2 aliphatic carbocycles. The Morgan fingerprint density at radius 2 is 0.861 bits per heavy atom. The lowest BCUT2D eigenvalue weighted by Crippen LogP contribution is -2.25. The maximum Gasteiger partial charge on any atom is 0.170 e. The summed E-state index contributed by atoms with van der Waals surface area (Å²) in [6.07, 6.45) is 0. The number of para-hydroxylation sites is 3. The molecule has 2 aromatic heterocycles. The average Bonchev–Trinajstić information content (AvgIpc) is 4.16. The Balaban J connectivity index is 0.785. The van der Waals surface area contributed by atoms with E-state index >= 15 is 0 Å². The first kappa shape index (κ1) is 39.3. The van der Waals surface area contributed by atoms with Crippen molar-refractivity contribution in [2.75, 3.05) is 4.90 Å². The van der Waals surface area contributed by atoms with Crippen LogP contribution in [-0.2, 0) is 5.41 Å². The SMILES string of the molecule is c1cc(N(c2ccc(-c3ccc4c(c3)Oc3cc5c(cc3O4)-c3ccccc3C53c4ccccc4-c4ccccc43)cc2)c2ccc3c(c2)oc2ccccc23)cc(-n2c3ccccc3c3ccccc32)c1. The molecule has 11 aromatic carbocycles. The van der Waals surface area contributed by atoms with Gasteiger partial charge in [-0.2, -0.15) is 0 Å². The largest absolute Gasteiger partial charge is 0.456 e. The first-order chi connectivity index (χ1) is 35.7. The molecule has 0 saturated heterocycles. The Morgan fingerprint density at radius 1 is 0.319 bits per heavy atom. The number of ether oxygens (including phenoxy) is 2. The van der Waals surface area contributed by atoms with Gasteiger partial charge >= 0.3 is 0 Å². The van der Waals surface area contributed by atoms with Crippen LogP contribution in [0.25, 0.3) is 82.8 Å². The minimum absolute atomic E-state index is 0.473. The van der Waals surface area contributed by atoms with Gasteiger partial charge in [0.25, 0.3) is 0 Å². The Morgan fingerprint density at radius 3 is 1.58 bits per heavy atom. The Labute approximate surface area is 414 Å². The van der Waals surface area contributed by atoms with Gasteiger partial charge in [0.05, 0.1) is 16.4 Å². The Kier molecular flexibility index (Phi) is 8.03. The lowest BCUT2D eigenvalue weighted by Gasteiger charge is -2.31. The minimum atomic E-state index is -0.473. The summed E-state index contributed by atoms with van der Waals surface area (Å²) in [5, 5.41) is 4.66. The molecule has 0 atom stereocenters. The van der Waals surface area contributed by atoms with E-state index in [1.54, 1.807) is 0 Å². The second-order valence-electron chi connectivity index (χ2n) is 19.1. The molecule has 0 bridgehead atoms. The summed E-state index contributed by atoms with van der Waals surface area (Å²) < 4.78 is 22.5. The maximum atomic E-state index is 6.93. The Hall–Kier alpha value is -9.58. The van der Waals surface area contributed by atoms with Crippen LogP contribution in [0.3, 0.4) is 0 Å². The fourth-order valence-electron chi connectivity index (χ4n) is 12.4. The van der Waals surface area contributed by atoms with Crippen LogP contribution in [0, 0.1) is 0 Å². The lowest BCUT2D eigenvalue weighted by atomic mass is 9.70. The fraction of sp³-hybridized carbons (Fsp3) is 0.0149. The summed E-state index contributed by atoms with van der Waals surface area (Å²) in [5.74, 6) is 2.80. The van der Waals surface area contributed by atoms with Gasteiger partial charge in [-0.1, -0.05) is 152 Å². The van der Waals surface area contributed by atoms with Crippen LogP contribution in [0.15, 0.2) is 247 Å². The number of furan rings is 1. The molecule has 3 heterocycles. The number of benzene rings is 11. The number of anilines is 3. The van der Waals surface area contributed by atoms with Gasteiger partial charge in [0, 0.05) is 50.4 Å². The van der Waals surface area contributed by atoms with Gasteiger partial charge in [0.1, 0.15) is 11.2 Å². The lowest BCUT2D eigenvalue weighted by molar-refractivity contribution is 0.359. The molecule has 5 nitrogen and oxygen atoms in total. The molecule has 0 N–H and O–H groups in total. The molecule has 0 radical (unpaired) electrons. The quantitative estimate of drug-likeness (QED) is 0.172. The standard InChI is InChI=1S/C67H40N2O3/c1-7-22-55-47(16-1)48-17-2-8-23-56(48)67(55)57-24-9-3-18-49(57)54-39-65-66(40-58(54)67)72-64-36-42(30-35-62(64)71-65)41-28-31-43(32-29-41)68(46-33-34-53-52-21-6-12-27-61(52)70-63(53)38-46)44-14-13-15-45(37-44)69-59-25-10-4-19-50(59)51-20-5-11-26-60(51)69/h1-40H. The van der Waals surface area contributed by atoms with Crippen molar-refractivity contribution < 1.29 is 13.9 Å². The third-order valence-corrected chi connectivity index (χ3v) is 15.5. The molecule has 72 heavy (non-hydrogen) atoms. The van der Waals surface area contributed by atoms with Gasteiger partial charge in [-0.3, -0.25) is 0 Å². The van der Waals surface area contributed by atoms with Crippen molar-refractivity contribution in [1.82, 2.24) is 4.57 Å². The number of hydrogen-bond acceptors (Lipinski definition) is 4. The summed E-state index contributed by atoms with van der Waals surface area (Å²) in [4.78, 5) is 2.32. The summed E-state index contributed by atoms with van der Waals surface area (Å²) in [6, 6.07) is 87.0. The molecule has 0 unspecified atom stereocenters. The third kappa shape index (κ3) is 5.42. The number of aromatic nitrogens is 1. The topological polar surface area (TPSA) is 39.8 Å². The van der Waals surface area contributed by atoms with E-state index in [1.807, 2.05) is 18.2 Å². The van der Waals surface area contributed by atoms with Gasteiger partial charge in [0.15, 0.2) is 23.0 Å². The zero-order chi connectivity index (χ0) is 47.1. The van der Waals surface area contributed by atoms with Crippen molar-refractivity contribution in [3.63, 3.8) is 0 Å². The summed E-state index contributed by atoms with van der Waals surface area (Å²) in [5.41, 5.74) is 19.8. The van der Waals surface area contributed by atoms with Crippen molar-refractivity contribution in [2.24, 2.45) is 0 Å². The maximum absolute atomic E-state index is 6.93. The molecule has 336 valence electrons. The number of rotatable bonds is 5. The van der Waals surface area contributed by atoms with E-state index in [4.69, 9.17) is 13.9 Å². The molecular weight excluding hydrogens is 881 g/mol. The van der Waals surface area contributed by atoms with Gasteiger partial charge < -0.3 is 23.4 Å². The van der Waals surface area contributed by atoms with Crippen LogP contribution < -0.4 is 14.4 Å². The second kappa shape index (κ2) is 14.7. The number of nitrogens with zero attached hydrogens (tertiary/aromatic N) is 2. The predicted octanol–water partition coefficient (Wildman–Crippen LogP) is 18.1. The van der Waals surface area contributed by atoms with E-state index in [0.29, 0.717) is 23.0 Å². The third-order valence-electron chi connectivity index (χ3n) is 15.5. The van der Waals surface area contributed by atoms with Gasteiger partial charge in [-0.15, -0.1) is 0 Å². The fourth-order valence-corrected chi connectivity index (χ4v) is 12.4. The van der Waals surface area contributed by atoms with Crippen LogP contribution in [-0.4, -0.2) is 4.57 Å². The van der Waals surface area contributed by atoms with Crippen LogP contribution in [0.1, 0.15) is 22.3 Å². The second-order valence-corrected chi connectivity index (χ2v) is 19.1. The van der Waals surface area contributed by atoms with Gasteiger partial charge in [-0.05, 0) is 141 Å². The van der Waals surface area contributed by atoms with Crippen molar-refractivity contribution in [1.29, 1.82) is 0 Å². The highest BCUT2D eigenvalue weighted by atomic mass is 16.6. The van der Waals surface area contributed by atoms with E-state index in [-0.39, 0.29) is 0 Å². The molecule has 0 fully saturated rings. The molecular formula is C67H40N2O3. The van der Waals surface area contributed by atoms with Crippen molar-refractivity contribution in [3.05, 3.63) is 265 Å². The molecule has 5 heteroatoms. The summed E-state index contributed by atoms with van der Waals surface area (Å²) in [6.45, 7) is 0. The molecule has 0 saturated carbocycles. The molecule has 3 aliphatic rings. The monoisotopic (exact) mass is 920 g/mol. The van der Waals surface area contributed by atoms with Crippen molar-refractivity contribution >= 4 is 60.8 Å². The number of fused-ring (bicyclic) bond motifs is 18. The summed E-state index contributed by atoms with van der Waals surface area (Å²) in [7, 11) is 0. The van der Waals surface area contributed by atoms with Gasteiger partial charge in [0.2, 0.25) is 0 Å². The van der Waals surface area contributed by atoms with E-state index in [0.717, 1.165) is 55.8 Å². The van der Waals surface area contributed by atoms with E-state index in [1.165, 1.54) is 66.3 Å². The zero-order valence-corrected chi connectivity index (χ0v) is 38.7. The molecule has 1 spiro atoms. The van der Waals surface area contributed by atoms with Crippen molar-refractivity contribution in [2.45, 2.75) is 5.41 Å². The number of hydrogen-bond donors (Lipinski definition) is 0. The molecule has 1 aliphatic heterocycles. The van der Waals surface area contributed by atoms with Crippen molar-refractivity contribution in [3.8, 4) is 62.1 Å². The minimum Gasteiger partial charge on any atom is -0.456 e. The van der Waals surface area contributed by atoms with E-state index < -0.39 is 5.41 Å². The zero-order valence-electron chi connectivity index (χ0n) is 38.7. The smallest absolute Gasteiger partial charge is 0.170 e. The van der Waals surface area contributed by atoms with Gasteiger partial charge in [-0.25, -0.2) is 0 Å². The summed E-state index contributed by atoms with van der Waals surface area (Å²) >= 11 is 0. The average molecular weight is 921 g/mol. The van der Waals surface area contributed by atoms with Crippen LogP contribution >= 0.6 is 0 Å². The predicted molar refractivity (Wildman–Crippen MR) is 291 cm³/mol. The molecule has 16 rings (SSSR count). The van der Waals surface area contributed by atoms with Crippen LogP contribution in [0.4, 0.5) is 17.1 Å². The van der Waals surface area contributed by atoms with E-state index in [2.05, 4.69) is 234 Å². The Bertz CT molecular complexity index is 4330. The van der Waals surface area contributed by atoms with Crippen LogP contribution in [0.2, 0.25) is 0 Å². The normalized spacial score (nSPS) is 13.3. The molecule has 13 aromatic rings. The highest BCUT2D eigenvalue weighted by molar-refractivity contribution is 6.10. The highest BCUT2D eigenvalue weighted by Crippen LogP contribution is 2.64. The molecule has 0 amide bonds. The van der Waals surface area contributed by atoms with Crippen LogP contribution in [0.5, 0.6) is 23.0 Å².